The van der Waals surface area contributed by atoms with E-state index in [9.17, 15) is 4.57 Å². The van der Waals surface area contributed by atoms with Crippen molar-refractivity contribution in [1.82, 2.24) is 19.5 Å². The third-order valence-corrected chi connectivity index (χ3v) is 7.85. The number of hydrogen-bond acceptors (Lipinski definition) is 12. The number of nitrogen functional groups attached to an aromatic ring is 1. The van der Waals surface area contributed by atoms with Crippen molar-refractivity contribution in [2.24, 2.45) is 5.92 Å². The van der Waals surface area contributed by atoms with Gasteiger partial charge in [0.1, 0.15) is 43.5 Å². The highest BCUT2D eigenvalue weighted by atomic mass is 31.2. The van der Waals surface area contributed by atoms with Crippen LogP contribution in [0.25, 0.3) is 11.2 Å². The van der Waals surface area contributed by atoms with Crippen LogP contribution in [0.15, 0.2) is 12.7 Å². The highest BCUT2D eigenvalue weighted by molar-refractivity contribution is 7.53. The number of imidazole rings is 1. The summed E-state index contributed by atoms with van der Waals surface area (Å²) in [6.07, 6.45) is 1.56. The van der Waals surface area contributed by atoms with Crippen molar-refractivity contribution in [2.45, 2.75) is 51.5 Å². The lowest BCUT2D eigenvalue weighted by atomic mass is 9.94. The van der Waals surface area contributed by atoms with Crippen LogP contribution in [0.4, 0.5) is 5.82 Å². The van der Waals surface area contributed by atoms with Gasteiger partial charge in [-0.15, -0.1) is 0 Å². The Morgan fingerprint density at radius 3 is 2.40 bits per heavy atom. The summed E-state index contributed by atoms with van der Waals surface area (Å²) in [5.74, 6) is 0.0391. The molecule has 1 saturated carbocycles. The summed E-state index contributed by atoms with van der Waals surface area (Å²) in [7, 11) is -0.403. The normalized spacial score (nSPS) is 27.1. The van der Waals surface area contributed by atoms with Gasteiger partial charge in [-0.25, -0.2) is 15.0 Å². The molecule has 1 aliphatic carbocycles. The Labute approximate surface area is 205 Å². The van der Waals surface area contributed by atoms with E-state index in [4.69, 9.17) is 38.5 Å². The molecule has 0 bridgehead atoms. The first-order chi connectivity index (χ1) is 16.8. The summed E-state index contributed by atoms with van der Waals surface area (Å²) in [5, 5.41) is 0. The summed E-state index contributed by atoms with van der Waals surface area (Å²) in [6.45, 7) is 7.83. The number of anilines is 1. The second-order valence-electron chi connectivity index (χ2n) is 8.32. The molecule has 1 fully saturated rings. The smallest absolute Gasteiger partial charge is 0.356 e. The van der Waals surface area contributed by atoms with E-state index in [2.05, 4.69) is 15.0 Å². The lowest BCUT2D eigenvalue weighted by molar-refractivity contribution is -0.216. The molecule has 2 aromatic rings. The average molecular weight is 518 g/mol. The van der Waals surface area contributed by atoms with Gasteiger partial charge in [0, 0.05) is 20.1 Å². The van der Waals surface area contributed by atoms with Gasteiger partial charge >= 0.3 is 7.60 Å². The molecule has 1 unspecified atom stereocenters. The molecule has 3 rings (SSSR count). The van der Waals surface area contributed by atoms with E-state index in [-0.39, 0.29) is 50.9 Å². The summed E-state index contributed by atoms with van der Waals surface area (Å²) in [4.78, 5) is 12.9. The molecule has 5 atom stereocenters. The second-order valence-corrected chi connectivity index (χ2v) is 10.3. The van der Waals surface area contributed by atoms with Gasteiger partial charge in [-0.1, -0.05) is 6.92 Å². The molecule has 13 nitrogen and oxygen atoms in total. The number of ether oxygens (including phenoxy) is 5. The van der Waals surface area contributed by atoms with Crippen molar-refractivity contribution in [2.75, 3.05) is 53.1 Å². The molecule has 0 aliphatic heterocycles. The number of hydrogen-bond donors (Lipinski definition) is 1. The molecule has 2 heterocycles. The van der Waals surface area contributed by atoms with Gasteiger partial charge < -0.3 is 43.0 Å². The maximum atomic E-state index is 13.1. The summed E-state index contributed by atoms with van der Waals surface area (Å²) < 4.78 is 54.9. The molecule has 1 aliphatic rings. The molecule has 198 valence electrons. The first kappa shape index (κ1) is 27.9. The zero-order valence-corrected chi connectivity index (χ0v) is 22.0. The summed E-state index contributed by atoms with van der Waals surface area (Å²) >= 11 is 0. The molecule has 0 saturated heterocycles. The van der Waals surface area contributed by atoms with Gasteiger partial charge in [0.05, 0.1) is 31.7 Å². The van der Waals surface area contributed by atoms with E-state index < -0.39 is 25.4 Å². The van der Waals surface area contributed by atoms with Crippen LogP contribution in [-0.2, 0) is 37.3 Å². The zero-order valence-electron chi connectivity index (χ0n) is 21.1. The minimum absolute atomic E-state index is 0.000576. The number of nitrogens with zero attached hydrogens (tertiary/aromatic N) is 4. The van der Waals surface area contributed by atoms with Gasteiger partial charge in [-0.05, 0) is 20.8 Å². The molecule has 2 N–H and O–H groups in total. The number of nitrogens with two attached hydrogens (primary N) is 1. The maximum Gasteiger partial charge on any atom is 0.356 e. The van der Waals surface area contributed by atoms with Crippen LogP contribution in [0.2, 0.25) is 0 Å². The Bertz CT molecular complexity index is 999. The average Bonchev–Trinajstić information content (AvgIpc) is 3.32. The number of methoxy groups -OCH3 is 2. The summed E-state index contributed by atoms with van der Waals surface area (Å²) in [5.41, 5.74) is 6.05. The van der Waals surface area contributed by atoms with Crippen molar-refractivity contribution in [1.29, 1.82) is 0 Å². The fourth-order valence-corrected chi connectivity index (χ4v) is 6.12. The topological polar surface area (TPSA) is 151 Å². The van der Waals surface area contributed by atoms with E-state index in [1.807, 2.05) is 18.4 Å². The van der Waals surface area contributed by atoms with Crippen LogP contribution in [0.5, 0.6) is 0 Å². The van der Waals surface area contributed by atoms with Gasteiger partial charge in [0.25, 0.3) is 0 Å². The minimum atomic E-state index is -3.47. The lowest BCUT2D eigenvalue weighted by Crippen LogP contribution is -2.48. The van der Waals surface area contributed by atoms with E-state index >= 15 is 0 Å². The van der Waals surface area contributed by atoms with Gasteiger partial charge in [-0.2, -0.15) is 0 Å². The van der Waals surface area contributed by atoms with Gasteiger partial charge in [0.15, 0.2) is 11.5 Å². The SMILES string of the molecule is CCOP(=O)(CO[C@@H]1C(OCOC)[C@@](C)(OCOC)[C@H](n2cnc3c(N)ncnc32)[C@H]1C)OCC. The van der Waals surface area contributed by atoms with Crippen molar-refractivity contribution >= 4 is 24.6 Å². The van der Waals surface area contributed by atoms with E-state index in [1.54, 1.807) is 20.2 Å². The predicted molar refractivity (Wildman–Crippen MR) is 127 cm³/mol. The molecule has 2 aromatic heterocycles. The molecule has 14 heteroatoms. The maximum absolute atomic E-state index is 13.1. The number of fused-ring (bicyclic) bond motifs is 1. The lowest BCUT2D eigenvalue weighted by Gasteiger charge is -2.37. The standard InChI is InChI=1S/C21H36N5O8P/c1-7-33-35(27,34-8-2)13-31-16-14(3)17(21(4,32-12-29-6)18(16)30-11-28-5)26-10-25-15-19(22)23-9-24-20(15)26/h9-10,14,16-18H,7-8,11-13H2,1-6H3,(H2,22,23,24)/t14-,16-,17+,18?,21-/m0/s1. The Morgan fingerprint density at radius 2 is 1.77 bits per heavy atom. The Hall–Kier alpha value is -1.70. The van der Waals surface area contributed by atoms with Crippen LogP contribution < -0.4 is 5.73 Å². The van der Waals surface area contributed by atoms with E-state index in [0.29, 0.717) is 11.2 Å². The van der Waals surface area contributed by atoms with Gasteiger partial charge in [0.2, 0.25) is 0 Å². The highest BCUT2D eigenvalue weighted by Crippen LogP contribution is 2.53. The number of aromatic nitrogens is 4. The molecular formula is C21H36N5O8P. The molecule has 0 aromatic carbocycles. The second kappa shape index (κ2) is 12.0. The van der Waals surface area contributed by atoms with Crippen molar-refractivity contribution in [3.8, 4) is 0 Å². The number of rotatable bonds is 14. The Kier molecular flexibility index (Phi) is 9.58. The van der Waals surface area contributed by atoms with Crippen LogP contribution >= 0.6 is 7.60 Å². The van der Waals surface area contributed by atoms with Crippen molar-refractivity contribution in [3.05, 3.63) is 12.7 Å². The monoisotopic (exact) mass is 517 g/mol. The Morgan fingerprint density at radius 1 is 1.09 bits per heavy atom. The van der Waals surface area contributed by atoms with Crippen LogP contribution in [0.1, 0.15) is 33.7 Å². The van der Waals surface area contributed by atoms with Crippen molar-refractivity contribution < 1.29 is 37.3 Å². The molecule has 0 spiro atoms. The van der Waals surface area contributed by atoms with E-state index in [1.165, 1.54) is 20.5 Å². The quantitative estimate of drug-likeness (QED) is 0.290. The van der Waals surface area contributed by atoms with E-state index in [0.717, 1.165) is 0 Å². The first-order valence-corrected chi connectivity index (χ1v) is 13.1. The van der Waals surface area contributed by atoms with Crippen LogP contribution in [-0.4, -0.2) is 84.7 Å². The first-order valence-electron chi connectivity index (χ1n) is 11.4. The highest BCUT2D eigenvalue weighted by Gasteiger charge is 2.60. The largest absolute Gasteiger partial charge is 0.382 e. The van der Waals surface area contributed by atoms with Gasteiger partial charge in [-0.3, -0.25) is 4.57 Å². The van der Waals surface area contributed by atoms with Crippen LogP contribution in [0, 0.1) is 5.92 Å². The predicted octanol–water partition coefficient (Wildman–Crippen LogP) is 2.58. The minimum Gasteiger partial charge on any atom is -0.382 e. The zero-order chi connectivity index (χ0) is 25.6. The van der Waals surface area contributed by atoms with Crippen LogP contribution in [0.3, 0.4) is 0 Å². The fraction of sp³-hybridized carbons (Fsp3) is 0.762. The molecule has 0 radical (unpaired) electrons. The fourth-order valence-electron chi connectivity index (χ4n) is 4.75. The summed E-state index contributed by atoms with van der Waals surface area (Å²) in [6, 6.07) is -0.387. The third-order valence-electron chi connectivity index (χ3n) is 6.08. The Balaban J connectivity index is 2.04. The van der Waals surface area contributed by atoms with Crippen molar-refractivity contribution in [3.63, 3.8) is 0 Å². The molecule has 0 amide bonds. The molecule has 35 heavy (non-hydrogen) atoms. The third kappa shape index (κ3) is 5.67. The molecular weight excluding hydrogens is 481 g/mol.